The lowest BCUT2D eigenvalue weighted by atomic mass is 9.84. The van der Waals surface area contributed by atoms with Crippen LogP contribution in [0, 0.1) is 11.3 Å². The van der Waals surface area contributed by atoms with Crippen LogP contribution in [-0.2, 0) is 0 Å². The van der Waals surface area contributed by atoms with Crippen LogP contribution in [0.5, 0.6) is 5.75 Å². The van der Waals surface area contributed by atoms with Crippen molar-refractivity contribution < 1.29 is 4.74 Å². The number of rotatable bonds is 7. The lowest BCUT2D eigenvalue weighted by molar-refractivity contribution is 0.240. The molecular weight excluding hydrogens is 282 g/mol. The van der Waals surface area contributed by atoms with E-state index in [4.69, 9.17) is 4.74 Å². The normalized spacial score (nSPS) is 12.7. The van der Waals surface area contributed by atoms with Crippen LogP contribution in [0.25, 0.3) is 0 Å². The van der Waals surface area contributed by atoms with Crippen LogP contribution in [0.1, 0.15) is 40.5 Å². The summed E-state index contributed by atoms with van der Waals surface area (Å²) in [6.45, 7) is 9.97. The third-order valence-corrected chi connectivity index (χ3v) is 3.76. The summed E-state index contributed by atoms with van der Waals surface area (Å²) in [7, 11) is 0. The molecule has 1 unspecified atom stereocenters. The second-order valence-electron chi connectivity index (χ2n) is 7.52. The molecule has 1 N–H and O–H groups in total. The second-order valence-corrected chi connectivity index (χ2v) is 7.52. The molecule has 1 atom stereocenters. The highest BCUT2D eigenvalue weighted by atomic mass is 16.5. The maximum atomic E-state index is 5.87. The minimum Gasteiger partial charge on any atom is -0.494 e. The van der Waals surface area contributed by atoms with Gasteiger partial charge in [-0.3, -0.25) is 0 Å². The van der Waals surface area contributed by atoms with E-state index >= 15 is 0 Å². The first-order valence-corrected chi connectivity index (χ1v) is 8.47. The van der Waals surface area contributed by atoms with Gasteiger partial charge >= 0.3 is 0 Å². The first kappa shape index (κ1) is 17.4. The van der Waals surface area contributed by atoms with Gasteiger partial charge in [0, 0.05) is 11.4 Å². The average Bonchev–Trinajstić information content (AvgIpc) is 2.48. The largest absolute Gasteiger partial charge is 0.494 e. The highest BCUT2D eigenvalue weighted by Crippen LogP contribution is 2.26. The van der Waals surface area contributed by atoms with E-state index in [9.17, 15) is 0 Å². The Kier molecular flexibility index (Phi) is 6.09. The van der Waals surface area contributed by atoms with Gasteiger partial charge in [-0.15, -0.1) is 0 Å². The Hall–Kier alpha value is -1.96. The number of nitrogens with one attached hydrogen (secondary N) is 1. The monoisotopic (exact) mass is 311 g/mol. The van der Waals surface area contributed by atoms with E-state index in [2.05, 4.69) is 57.3 Å². The van der Waals surface area contributed by atoms with Crippen molar-refractivity contribution in [2.75, 3.05) is 11.9 Å². The first-order valence-electron chi connectivity index (χ1n) is 8.47. The third kappa shape index (κ3) is 6.77. The van der Waals surface area contributed by atoms with Crippen LogP contribution in [0.2, 0.25) is 0 Å². The van der Waals surface area contributed by atoms with Crippen LogP contribution >= 0.6 is 0 Å². The summed E-state index contributed by atoms with van der Waals surface area (Å²) in [4.78, 5) is 0. The SMILES string of the molecule is CC(CCOc1ccc(Nc2ccccc2)cc1)CC(C)(C)C. The molecule has 2 rings (SSSR count). The standard InChI is InChI=1S/C21H29NO/c1-17(16-21(2,3)4)14-15-23-20-12-10-19(11-13-20)22-18-8-6-5-7-9-18/h5-13,17,22H,14-16H2,1-4H3. The van der Waals surface area contributed by atoms with Gasteiger partial charge in [0.05, 0.1) is 6.61 Å². The lowest BCUT2D eigenvalue weighted by Crippen LogP contribution is -2.13. The Labute approximate surface area is 140 Å². The minimum absolute atomic E-state index is 0.393. The molecule has 0 radical (unpaired) electrons. The number of ether oxygens (including phenoxy) is 1. The fourth-order valence-electron chi connectivity index (χ4n) is 2.85. The zero-order chi connectivity index (χ0) is 16.7. The summed E-state index contributed by atoms with van der Waals surface area (Å²) in [5, 5.41) is 3.38. The molecule has 0 spiro atoms. The van der Waals surface area contributed by atoms with Crippen molar-refractivity contribution in [3.05, 3.63) is 54.6 Å². The zero-order valence-corrected chi connectivity index (χ0v) is 14.8. The van der Waals surface area contributed by atoms with Crippen LogP contribution < -0.4 is 10.1 Å². The fraction of sp³-hybridized carbons (Fsp3) is 0.429. The molecule has 2 heteroatoms. The number of hydrogen-bond donors (Lipinski definition) is 1. The van der Waals surface area contributed by atoms with Gasteiger partial charge < -0.3 is 10.1 Å². The van der Waals surface area contributed by atoms with E-state index in [-0.39, 0.29) is 0 Å². The van der Waals surface area contributed by atoms with Gasteiger partial charge in [0.25, 0.3) is 0 Å². The van der Waals surface area contributed by atoms with Crippen LogP contribution in [-0.4, -0.2) is 6.61 Å². The maximum Gasteiger partial charge on any atom is 0.119 e. The van der Waals surface area contributed by atoms with Gasteiger partial charge in [-0.2, -0.15) is 0 Å². The Bertz CT molecular complexity index is 569. The number of hydrogen-bond acceptors (Lipinski definition) is 2. The molecule has 0 aliphatic carbocycles. The Morgan fingerprint density at radius 3 is 2.13 bits per heavy atom. The molecule has 23 heavy (non-hydrogen) atoms. The lowest BCUT2D eigenvalue weighted by Gasteiger charge is -2.23. The van der Waals surface area contributed by atoms with Gasteiger partial charge in [-0.05, 0) is 60.6 Å². The molecule has 2 aromatic rings. The maximum absolute atomic E-state index is 5.87. The summed E-state index contributed by atoms with van der Waals surface area (Å²) < 4.78 is 5.87. The van der Waals surface area contributed by atoms with Gasteiger partial charge in [-0.1, -0.05) is 45.9 Å². The van der Waals surface area contributed by atoms with Crippen LogP contribution in [0.3, 0.4) is 0 Å². The van der Waals surface area contributed by atoms with E-state index in [1.807, 2.05) is 30.3 Å². The second kappa shape index (κ2) is 8.05. The van der Waals surface area contributed by atoms with Crippen LogP contribution in [0.4, 0.5) is 11.4 Å². The smallest absolute Gasteiger partial charge is 0.119 e. The van der Waals surface area contributed by atoms with Crippen molar-refractivity contribution >= 4 is 11.4 Å². The number of benzene rings is 2. The fourth-order valence-corrected chi connectivity index (χ4v) is 2.85. The summed E-state index contributed by atoms with van der Waals surface area (Å²) in [6.07, 6.45) is 2.33. The van der Waals surface area contributed by atoms with Crippen molar-refractivity contribution in [2.45, 2.75) is 40.5 Å². The number of para-hydroxylation sites is 1. The predicted molar refractivity (Wildman–Crippen MR) is 99.5 cm³/mol. The van der Waals surface area contributed by atoms with E-state index < -0.39 is 0 Å². The van der Waals surface area contributed by atoms with Crippen molar-refractivity contribution in [1.29, 1.82) is 0 Å². The molecule has 0 fully saturated rings. The van der Waals surface area contributed by atoms with Crippen molar-refractivity contribution in [3.8, 4) is 5.75 Å². The average molecular weight is 311 g/mol. The van der Waals surface area contributed by atoms with Gasteiger partial charge in [0.1, 0.15) is 5.75 Å². The molecule has 0 heterocycles. The van der Waals surface area contributed by atoms with E-state index in [1.165, 1.54) is 6.42 Å². The van der Waals surface area contributed by atoms with Crippen molar-refractivity contribution in [3.63, 3.8) is 0 Å². The predicted octanol–water partition coefficient (Wildman–Crippen LogP) is 6.27. The molecule has 0 saturated heterocycles. The first-order chi connectivity index (χ1) is 10.9. The van der Waals surface area contributed by atoms with Gasteiger partial charge in [0.2, 0.25) is 0 Å². The minimum atomic E-state index is 0.393. The molecule has 2 aromatic carbocycles. The highest BCUT2D eigenvalue weighted by molar-refractivity contribution is 5.59. The van der Waals surface area contributed by atoms with Crippen LogP contribution in [0.15, 0.2) is 54.6 Å². The van der Waals surface area contributed by atoms with E-state index in [0.29, 0.717) is 11.3 Å². The molecular formula is C21H29NO. The van der Waals surface area contributed by atoms with Gasteiger partial charge in [-0.25, -0.2) is 0 Å². The molecule has 0 bridgehead atoms. The molecule has 0 amide bonds. The number of anilines is 2. The molecule has 0 aliphatic rings. The summed E-state index contributed by atoms with van der Waals surface area (Å²) >= 11 is 0. The summed E-state index contributed by atoms with van der Waals surface area (Å²) in [5.74, 6) is 1.63. The quantitative estimate of drug-likeness (QED) is 0.650. The highest BCUT2D eigenvalue weighted by Gasteiger charge is 2.15. The Morgan fingerprint density at radius 1 is 0.913 bits per heavy atom. The molecule has 0 aromatic heterocycles. The van der Waals surface area contributed by atoms with Gasteiger partial charge in [0.15, 0.2) is 0 Å². The van der Waals surface area contributed by atoms with Crippen molar-refractivity contribution in [1.82, 2.24) is 0 Å². The summed E-state index contributed by atoms with van der Waals surface area (Å²) in [5.41, 5.74) is 2.56. The molecule has 0 aliphatic heterocycles. The van der Waals surface area contributed by atoms with E-state index in [1.54, 1.807) is 0 Å². The summed E-state index contributed by atoms with van der Waals surface area (Å²) in [6, 6.07) is 18.4. The topological polar surface area (TPSA) is 21.3 Å². The third-order valence-electron chi connectivity index (χ3n) is 3.76. The molecule has 124 valence electrons. The van der Waals surface area contributed by atoms with Crippen molar-refractivity contribution in [2.24, 2.45) is 11.3 Å². The van der Waals surface area contributed by atoms with E-state index in [0.717, 1.165) is 30.2 Å². The Morgan fingerprint density at radius 2 is 1.52 bits per heavy atom. The Balaban J connectivity index is 1.77. The molecule has 0 saturated carbocycles. The zero-order valence-electron chi connectivity index (χ0n) is 14.8. The molecule has 2 nitrogen and oxygen atoms in total.